The number of cyclic esters (lactones) is 1. The Labute approximate surface area is 132 Å². The van der Waals surface area contributed by atoms with Gasteiger partial charge in [-0.2, -0.15) is 0 Å². The SMILES string of the molecule is C=C1CC2COC(=O)C2(Cc2ccc(NCC(C)C)cc2)C1. The second-order valence-electron chi connectivity index (χ2n) is 7.23. The molecule has 118 valence electrons. The third kappa shape index (κ3) is 2.77. The minimum atomic E-state index is -0.357. The predicted octanol–water partition coefficient (Wildman–Crippen LogP) is 3.81. The highest BCUT2D eigenvalue weighted by Crippen LogP contribution is 2.52. The topological polar surface area (TPSA) is 38.3 Å². The summed E-state index contributed by atoms with van der Waals surface area (Å²) in [6.07, 6.45) is 2.48. The Kier molecular flexibility index (Phi) is 3.98. The van der Waals surface area contributed by atoms with Gasteiger partial charge in [0, 0.05) is 18.2 Å². The standard InChI is InChI=1S/C19H25NO2/c1-13(2)11-20-17-6-4-15(5-7-17)10-19-9-14(3)8-16(19)12-22-18(19)21/h4-7,13,16,20H,3,8-12H2,1-2H3. The van der Waals surface area contributed by atoms with Gasteiger partial charge < -0.3 is 10.1 Å². The molecule has 0 spiro atoms. The zero-order valence-electron chi connectivity index (χ0n) is 13.5. The van der Waals surface area contributed by atoms with Crippen LogP contribution in [0.1, 0.15) is 32.3 Å². The molecule has 3 nitrogen and oxygen atoms in total. The van der Waals surface area contributed by atoms with Crippen LogP contribution in [0.25, 0.3) is 0 Å². The molecule has 0 amide bonds. The molecule has 1 aromatic carbocycles. The van der Waals surface area contributed by atoms with Crippen molar-refractivity contribution in [2.24, 2.45) is 17.3 Å². The van der Waals surface area contributed by atoms with Crippen LogP contribution in [0.4, 0.5) is 5.69 Å². The summed E-state index contributed by atoms with van der Waals surface area (Å²) in [5.41, 5.74) is 3.17. The first kappa shape index (κ1) is 15.1. The van der Waals surface area contributed by atoms with Gasteiger partial charge in [0.25, 0.3) is 0 Å². The highest BCUT2D eigenvalue weighted by molar-refractivity contribution is 5.81. The molecule has 1 aliphatic heterocycles. The fraction of sp³-hybridized carbons (Fsp3) is 0.526. The van der Waals surface area contributed by atoms with Crippen LogP contribution in [-0.4, -0.2) is 19.1 Å². The van der Waals surface area contributed by atoms with E-state index in [1.165, 1.54) is 11.1 Å². The molecule has 1 aromatic rings. The number of anilines is 1. The molecule has 0 radical (unpaired) electrons. The van der Waals surface area contributed by atoms with E-state index in [0.717, 1.165) is 31.5 Å². The van der Waals surface area contributed by atoms with E-state index < -0.39 is 0 Å². The number of hydrogen-bond acceptors (Lipinski definition) is 3. The number of fused-ring (bicyclic) bond motifs is 1. The van der Waals surface area contributed by atoms with E-state index in [4.69, 9.17) is 4.74 Å². The largest absolute Gasteiger partial charge is 0.465 e. The van der Waals surface area contributed by atoms with Gasteiger partial charge >= 0.3 is 5.97 Å². The summed E-state index contributed by atoms with van der Waals surface area (Å²) < 4.78 is 5.34. The van der Waals surface area contributed by atoms with Crippen LogP contribution >= 0.6 is 0 Å². The fourth-order valence-corrected chi connectivity index (χ4v) is 3.69. The summed E-state index contributed by atoms with van der Waals surface area (Å²) in [5, 5.41) is 3.42. The maximum absolute atomic E-state index is 12.3. The van der Waals surface area contributed by atoms with Crippen molar-refractivity contribution in [3.63, 3.8) is 0 Å². The normalized spacial score (nSPS) is 27.1. The molecule has 2 fully saturated rings. The number of carbonyl (C=O) groups excluding carboxylic acids is 1. The van der Waals surface area contributed by atoms with Crippen molar-refractivity contribution in [2.45, 2.75) is 33.1 Å². The molecular formula is C19H25NO2. The van der Waals surface area contributed by atoms with Crippen LogP contribution in [0.2, 0.25) is 0 Å². The monoisotopic (exact) mass is 299 g/mol. The Bertz CT molecular complexity index is 576. The first-order valence-electron chi connectivity index (χ1n) is 8.16. The van der Waals surface area contributed by atoms with E-state index in [1.54, 1.807) is 0 Å². The van der Waals surface area contributed by atoms with Crippen molar-refractivity contribution in [3.8, 4) is 0 Å². The summed E-state index contributed by atoms with van der Waals surface area (Å²) in [7, 11) is 0. The van der Waals surface area contributed by atoms with Gasteiger partial charge in [-0.25, -0.2) is 0 Å². The lowest BCUT2D eigenvalue weighted by Crippen LogP contribution is -2.31. The lowest BCUT2D eigenvalue weighted by Gasteiger charge is -2.24. The average molecular weight is 299 g/mol. The van der Waals surface area contributed by atoms with E-state index in [-0.39, 0.29) is 11.4 Å². The minimum Gasteiger partial charge on any atom is -0.465 e. The van der Waals surface area contributed by atoms with Crippen LogP contribution in [0.5, 0.6) is 0 Å². The highest BCUT2D eigenvalue weighted by atomic mass is 16.5. The molecule has 1 aliphatic carbocycles. The molecule has 1 N–H and O–H groups in total. The van der Waals surface area contributed by atoms with Gasteiger partial charge in [-0.05, 0) is 42.9 Å². The maximum atomic E-state index is 12.3. The number of nitrogens with one attached hydrogen (secondary N) is 1. The molecule has 1 saturated carbocycles. The van der Waals surface area contributed by atoms with Crippen molar-refractivity contribution in [2.75, 3.05) is 18.5 Å². The summed E-state index contributed by atoms with van der Waals surface area (Å²) in [6.45, 7) is 10.0. The molecule has 2 aliphatic rings. The van der Waals surface area contributed by atoms with Gasteiger partial charge in [0.15, 0.2) is 0 Å². The van der Waals surface area contributed by atoms with E-state index in [9.17, 15) is 4.79 Å². The lowest BCUT2D eigenvalue weighted by molar-refractivity contribution is -0.146. The van der Waals surface area contributed by atoms with Crippen LogP contribution in [0.15, 0.2) is 36.4 Å². The Morgan fingerprint density at radius 1 is 1.36 bits per heavy atom. The van der Waals surface area contributed by atoms with Gasteiger partial charge in [0.2, 0.25) is 0 Å². The number of rotatable bonds is 5. The number of benzene rings is 1. The lowest BCUT2D eigenvalue weighted by atomic mass is 9.75. The summed E-state index contributed by atoms with van der Waals surface area (Å²) in [6, 6.07) is 8.46. The summed E-state index contributed by atoms with van der Waals surface area (Å²) in [5.74, 6) is 0.904. The van der Waals surface area contributed by atoms with Crippen molar-refractivity contribution >= 4 is 11.7 Å². The fourth-order valence-electron chi connectivity index (χ4n) is 3.69. The second kappa shape index (κ2) is 5.79. The van der Waals surface area contributed by atoms with Gasteiger partial charge in [-0.15, -0.1) is 0 Å². The summed E-state index contributed by atoms with van der Waals surface area (Å²) >= 11 is 0. The van der Waals surface area contributed by atoms with Gasteiger partial charge in [-0.3, -0.25) is 4.79 Å². The van der Waals surface area contributed by atoms with Crippen LogP contribution < -0.4 is 5.32 Å². The van der Waals surface area contributed by atoms with Gasteiger partial charge in [-0.1, -0.05) is 38.1 Å². The zero-order chi connectivity index (χ0) is 15.7. The summed E-state index contributed by atoms with van der Waals surface area (Å²) in [4.78, 5) is 12.3. The van der Waals surface area contributed by atoms with Gasteiger partial charge in [0.1, 0.15) is 0 Å². The smallest absolute Gasteiger partial charge is 0.313 e. The molecule has 1 heterocycles. The average Bonchev–Trinajstić information content (AvgIpc) is 2.94. The third-order valence-electron chi connectivity index (χ3n) is 4.89. The highest BCUT2D eigenvalue weighted by Gasteiger charge is 2.55. The van der Waals surface area contributed by atoms with E-state index in [1.807, 2.05) is 0 Å². The van der Waals surface area contributed by atoms with Crippen molar-refractivity contribution in [1.82, 2.24) is 0 Å². The molecule has 3 rings (SSSR count). The van der Waals surface area contributed by atoms with E-state index in [0.29, 0.717) is 18.4 Å². The van der Waals surface area contributed by atoms with Crippen LogP contribution in [0, 0.1) is 17.3 Å². The van der Waals surface area contributed by atoms with Gasteiger partial charge in [0.05, 0.1) is 12.0 Å². The Morgan fingerprint density at radius 3 is 2.77 bits per heavy atom. The minimum absolute atomic E-state index is 0.0295. The predicted molar refractivity (Wildman–Crippen MR) is 88.7 cm³/mol. The number of esters is 1. The van der Waals surface area contributed by atoms with Crippen LogP contribution in [-0.2, 0) is 16.0 Å². The molecule has 3 heteroatoms. The van der Waals surface area contributed by atoms with E-state index >= 15 is 0 Å². The van der Waals surface area contributed by atoms with E-state index in [2.05, 4.69) is 50.0 Å². The first-order chi connectivity index (χ1) is 10.5. The van der Waals surface area contributed by atoms with Crippen LogP contribution in [0.3, 0.4) is 0 Å². The number of hydrogen-bond donors (Lipinski definition) is 1. The third-order valence-corrected chi connectivity index (χ3v) is 4.89. The Hall–Kier alpha value is -1.77. The Balaban J connectivity index is 1.72. The molecular weight excluding hydrogens is 274 g/mol. The molecule has 0 bridgehead atoms. The number of ether oxygens (including phenoxy) is 1. The molecule has 22 heavy (non-hydrogen) atoms. The maximum Gasteiger partial charge on any atom is 0.313 e. The van der Waals surface area contributed by atoms with Crippen molar-refractivity contribution in [3.05, 3.63) is 42.0 Å². The first-order valence-corrected chi connectivity index (χ1v) is 8.16. The molecule has 2 atom stereocenters. The molecule has 2 unspecified atom stereocenters. The Morgan fingerprint density at radius 2 is 2.09 bits per heavy atom. The molecule has 1 saturated heterocycles. The molecule has 0 aromatic heterocycles. The van der Waals surface area contributed by atoms with Crippen molar-refractivity contribution in [1.29, 1.82) is 0 Å². The quantitative estimate of drug-likeness (QED) is 0.664. The second-order valence-corrected chi connectivity index (χ2v) is 7.23. The number of allylic oxidation sites excluding steroid dienone is 1. The number of carbonyl (C=O) groups is 1. The van der Waals surface area contributed by atoms with Crippen molar-refractivity contribution < 1.29 is 9.53 Å². The zero-order valence-corrected chi connectivity index (χ0v) is 13.5.